The van der Waals surface area contributed by atoms with Crippen molar-refractivity contribution in [3.63, 3.8) is 0 Å². The quantitative estimate of drug-likeness (QED) is 0.407. The predicted molar refractivity (Wildman–Crippen MR) is 97.5 cm³/mol. The van der Waals surface area contributed by atoms with E-state index in [1.165, 1.54) is 31.2 Å². The number of hydrogen-bond acceptors (Lipinski definition) is 3. The van der Waals surface area contributed by atoms with E-state index >= 15 is 0 Å². The van der Waals surface area contributed by atoms with Gasteiger partial charge in [-0.25, -0.2) is 0 Å². The number of nitroso groups, excluding NO2 is 1. The SMILES string of the molecule is CCCCCCCc1cc2c(c(N=O)c1C)C=CC(C)(CC)O2. The van der Waals surface area contributed by atoms with Crippen molar-refractivity contribution in [1.82, 2.24) is 0 Å². The highest BCUT2D eigenvalue weighted by molar-refractivity contribution is 5.75. The van der Waals surface area contributed by atoms with Gasteiger partial charge in [0.15, 0.2) is 0 Å². The number of nitrogens with zero attached hydrogens (tertiary/aromatic N) is 1. The molecule has 0 N–H and O–H groups in total. The highest BCUT2D eigenvalue weighted by Crippen LogP contribution is 2.41. The van der Waals surface area contributed by atoms with Crippen molar-refractivity contribution >= 4 is 11.8 Å². The zero-order chi connectivity index (χ0) is 16.9. The summed E-state index contributed by atoms with van der Waals surface area (Å²) in [6.07, 6.45) is 12.1. The summed E-state index contributed by atoms with van der Waals surface area (Å²) in [5, 5.41) is 3.29. The largest absolute Gasteiger partial charge is 0.483 e. The second-order valence-corrected chi connectivity index (χ2v) is 6.78. The lowest BCUT2D eigenvalue weighted by Crippen LogP contribution is -2.31. The minimum Gasteiger partial charge on any atom is -0.483 e. The van der Waals surface area contributed by atoms with Crippen LogP contribution in [0, 0.1) is 11.8 Å². The van der Waals surface area contributed by atoms with Crippen LogP contribution in [0.15, 0.2) is 17.3 Å². The van der Waals surface area contributed by atoms with E-state index in [9.17, 15) is 4.91 Å². The van der Waals surface area contributed by atoms with E-state index < -0.39 is 0 Å². The first-order valence-corrected chi connectivity index (χ1v) is 8.92. The smallest absolute Gasteiger partial charge is 0.130 e. The molecule has 0 aliphatic carbocycles. The van der Waals surface area contributed by atoms with Gasteiger partial charge in [0.1, 0.15) is 17.0 Å². The molecule has 3 nitrogen and oxygen atoms in total. The van der Waals surface area contributed by atoms with Gasteiger partial charge in [0.25, 0.3) is 0 Å². The maximum atomic E-state index is 11.4. The molecule has 2 rings (SSSR count). The van der Waals surface area contributed by atoms with Crippen molar-refractivity contribution in [2.75, 3.05) is 0 Å². The van der Waals surface area contributed by atoms with Crippen molar-refractivity contribution < 1.29 is 4.74 Å². The summed E-state index contributed by atoms with van der Waals surface area (Å²) in [6, 6.07) is 2.12. The van der Waals surface area contributed by atoms with Crippen molar-refractivity contribution in [2.24, 2.45) is 5.18 Å². The van der Waals surface area contributed by atoms with Crippen LogP contribution in [0.25, 0.3) is 6.08 Å². The summed E-state index contributed by atoms with van der Waals surface area (Å²) >= 11 is 0. The highest BCUT2D eigenvalue weighted by Gasteiger charge is 2.28. The van der Waals surface area contributed by atoms with Gasteiger partial charge in [-0.05, 0) is 67.6 Å². The van der Waals surface area contributed by atoms with Crippen LogP contribution < -0.4 is 4.74 Å². The number of unbranched alkanes of at least 4 members (excludes halogenated alkanes) is 4. The molecule has 0 saturated carbocycles. The fraction of sp³-hybridized carbons (Fsp3) is 0.600. The first kappa shape index (κ1) is 17.7. The van der Waals surface area contributed by atoms with Crippen LogP contribution >= 0.6 is 0 Å². The van der Waals surface area contributed by atoms with Crippen LogP contribution in [0.1, 0.15) is 76.0 Å². The molecule has 1 aliphatic heterocycles. The first-order valence-electron chi connectivity index (χ1n) is 8.92. The van der Waals surface area contributed by atoms with Crippen LogP contribution in [-0.2, 0) is 6.42 Å². The molecular weight excluding hydrogens is 286 g/mol. The third-order valence-electron chi connectivity index (χ3n) is 4.95. The fourth-order valence-electron chi connectivity index (χ4n) is 3.09. The Labute approximate surface area is 140 Å². The molecule has 1 atom stereocenters. The van der Waals surface area contributed by atoms with E-state index in [0.717, 1.165) is 36.1 Å². The Balaban J connectivity index is 2.23. The Morgan fingerprint density at radius 2 is 1.91 bits per heavy atom. The molecule has 0 radical (unpaired) electrons. The lowest BCUT2D eigenvalue weighted by molar-refractivity contribution is 0.133. The van der Waals surface area contributed by atoms with Gasteiger partial charge >= 0.3 is 0 Å². The molecule has 0 aromatic heterocycles. The average molecular weight is 315 g/mol. The maximum Gasteiger partial charge on any atom is 0.130 e. The van der Waals surface area contributed by atoms with Crippen molar-refractivity contribution in [1.29, 1.82) is 0 Å². The standard InChI is InChI=1S/C20H29NO2/c1-5-7-8-9-10-11-16-14-18-17(19(21-22)15(16)3)12-13-20(4,6-2)23-18/h12-14H,5-11H2,1-4H3. The lowest BCUT2D eigenvalue weighted by atomic mass is 9.92. The summed E-state index contributed by atoms with van der Waals surface area (Å²) in [4.78, 5) is 11.4. The van der Waals surface area contributed by atoms with Crippen LogP contribution in [0.3, 0.4) is 0 Å². The van der Waals surface area contributed by atoms with Crippen molar-refractivity contribution in [2.45, 2.75) is 78.2 Å². The van der Waals surface area contributed by atoms with E-state index in [1.54, 1.807) is 0 Å². The fourth-order valence-corrected chi connectivity index (χ4v) is 3.09. The van der Waals surface area contributed by atoms with Gasteiger partial charge in [-0.2, -0.15) is 0 Å². The normalized spacial score (nSPS) is 19.3. The van der Waals surface area contributed by atoms with E-state index in [4.69, 9.17) is 4.74 Å². The molecule has 0 fully saturated rings. The molecule has 1 aliphatic rings. The van der Waals surface area contributed by atoms with E-state index in [1.807, 2.05) is 19.1 Å². The second-order valence-electron chi connectivity index (χ2n) is 6.78. The molecule has 3 heteroatoms. The molecule has 1 unspecified atom stereocenters. The highest BCUT2D eigenvalue weighted by atomic mass is 16.5. The van der Waals surface area contributed by atoms with Gasteiger partial charge in [-0.15, -0.1) is 4.91 Å². The summed E-state index contributed by atoms with van der Waals surface area (Å²) in [7, 11) is 0. The number of rotatable bonds is 8. The van der Waals surface area contributed by atoms with E-state index in [0.29, 0.717) is 5.69 Å². The Morgan fingerprint density at radius 3 is 2.57 bits per heavy atom. The van der Waals surface area contributed by atoms with Gasteiger partial charge < -0.3 is 4.74 Å². The zero-order valence-corrected chi connectivity index (χ0v) is 14.9. The molecule has 0 saturated heterocycles. The first-order chi connectivity index (χ1) is 11.0. The minimum absolute atomic E-state index is 0.291. The summed E-state index contributed by atoms with van der Waals surface area (Å²) < 4.78 is 6.17. The Kier molecular flexibility index (Phi) is 5.97. The van der Waals surface area contributed by atoms with Crippen LogP contribution in [0.5, 0.6) is 5.75 Å². The Bertz CT molecular complexity index is 592. The van der Waals surface area contributed by atoms with E-state index in [-0.39, 0.29) is 5.60 Å². The van der Waals surface area contributed by atoms with Gasteiger partial charge in [-0.1, -0.05) is 39.5 Å². The molecule has 0 amide bonds. The third kappa shape index (κ3) is 4.01. The van der Waals surface area contributed by atoms with E-state index in [2.05, 4.69) is 32.0 Å². The topological polar surface area (TPSA) is 38.7 Å². The van der Waals surface area contributed by atoms with Crippen LogP contribution in [0.4, 0.5) is 5.69 Å². The lowest BCUT2D eigenvalue weighted by Gasteiger charge is -2.31. The van der Waals surface area contributed by atoms with Gasteiger partial charge in [0, 0.05) is 5.56 Å². The van der Waals surface area contributed by atoms with Crippen molar-refractivity contribution in [3.8, 4) is 5.75 Å². The number of hydrogen-bond donors (Lipinski definition) is 0. The maximum absolute atomic E-state index is 11.4. The molecule has 1 aromatic carbocycles. The minimum atomic E-state index is -0.291. The molecule has 1 heterocycles. The van der Waals surface area contributed by atoms with Gasteiger partial charge in [-0.3, -0.25) is 0 Å². The predicted octanol–water partition coefficient (Wildman–Crippen LogP) is 6.48. The summed E-state index contributed by atoms with van der Waals surface area (Å²) in [6.45, 7) is 8.41. The zero-order valence-electron chi connectivity index (χ0n) is 14.9. The molecule has 1 aromatic rings. The Hall–Kier alpha value is -1.64. The Morgan fingerprint density at radius 1 is 1.17 bits per heavy atom. The van der Waals surface area contributed by atoms with Gasteiger partial charge in [0.05, 0.1) is 0 Å². The number of ether oxygens (including phenoxy) is 1. The number of aryl methyl sites for hydroxylation is 1. The monoisotopic (exact) mass is 315 g/mol. The third-order valence-corrected chi connectivity index (χ3v) is 4.95. The summed E-state index contributed by atoms with van der Waals surface area (Å²) in [5.41, 5.74) is 3.28. The summed E-state index contributed by atoms with van der Waals surface area (Å²) in [5.74, 6) is 0.806. The molecule has 0 bridgehead atoms. The van der Waals surface area contributed by atoms with Crippen molar-refractivity contribution in [3.05, 3.63) is 33.7 Å². The van der Waals surface area contributed by atoms with Crippen LogP contribution in [-0.4, -0.2) is 5.60 Å². The molecule has 23 heavy (non-hydrogen) atoms. The number of fused-ring (bicyclic) bond motifs is 1. The number of benzene rings is 1. The average Bonchev–Trinajstić information content (AvgIpc) is 2.55. The van der Waals surface area contributed by atoms with Gasteiger partial charge in [0.2, 0.25) is 0 Å². The molecule has 0 spiro atoms. The second kappa shape index (κ2) is 7.76. The molecular formula is C20H29NO2. The molecule has 126 valence electrons. The van der Waals surface area contributed by atoms with Crippen LogP contribution in [0.2, 0.25) is 0 Å².